The maximum absolute atomic E-state index is 13.1. The Hall–Kier alpha value is -3.85. The number of hydrogen-bond donors (Lipinski definition) is 6. The molecule has 9 N–H and O–H groups in total. The zero-order valence-corrected chi connectivity index (χ0v) is 29.6. The lowest BCUT2D eigenvalue weighted by atomic mass is 9.96. The first-order valence-electron chi connectivity index (χ1n) is 15.2. The molecule has 2 aromatic rings. The van der Waals surface area contributed by atoms with Gasteiger partial charge < -0.3 is 42.3 Å². The van der Waals surface area contributed by atoms with E-state index in [2.05, 4.69) is 26.0 Å². The lowest BCUT2D eigenvalue weighted by molar-refractivity contribution is -0.140. The van der Waals surface area contributed by atoms with Gasteiger partial charge in [-0.3, -0.25) is 24.0 Å². The number of phenolic OH excluding ortho intramolecular Hbond substituents is 1. The Bertz CT molecular complexity index is 1310. The summed E-state index contributed by atoms with van der Waals surface area (Å²) in [5.74, 6) is -1.62. The monoisotopic (exact) mass is 711 g/mol. The van der Waals surface area contributed by atoms with Crippen molar-refractivity contribution in [3.8, 4) is 5.75 Å². The molecule has 0 saturated carbocycles. The summed E-state index contributed by atoms with van der Waals surface area (Å²) in [7, 11) is 1.32. The molecule has 0 aliphatic heterocycles. The van der Waals surface area contributed by atoms with E-state index in [1.807, 2.05) is 50.4 Å². The molecule has 0 bridgehead atoms. The minimum Gasteiger partial charge on any atom is -0.508 e. The fourth-order valence-electron chi connectivity index (χ4n) is 4.81. The van der Waals surface area contributed by atoms with E-state index in [4.69, 9.17) is 5.73 Å². The molecular weight excluding hydrogens is 662 g/mol. The third kappa shape index (κ3) is 15.8. The van der Waals surface area contributed by atoms with Gasteiger partial charge in [0.15, 0.2) is 0 Å². The van der Waals surface area contributed by atoms with Crippen LogP contribution in [0.15, 0.2) is 42.5 Å². The van der Waals surface area contributed by atoms with Gasteiger partial charge in [-0.05, 0) is 85.9 Å². The van der Waals surface area contributed by atoms with Crippen LogP contribution >= 0.6 is 24.2 Å². The van der Waals surface area contributed by atoms with E-state index < -0.39 is 42.4 Å². The van der Waals surface area contributed by atoms with Crippen LogP contribution in [0.25, 0.3) is 0 Å². The smallest absolute Gasteiger partial charge is 0.305 e. The maximum atomic E-state index is 13.1. The summed E-state index contributed by atoms with van der Waals surface area (Å²) in [6.07, 6.45) is 4.01. The number of halogens is 1. The fraction of sp³-hybridized carbons (Fsp3) is 0.485. The van der Waals surface area contributed by atoms with Crippen molar-refractivity contribution in [1.82, 2.24) is 21.3 Å². The first-order valence-corrected chi connectivity index (χ1v) is 16.6. The van der Waals surface area contributed by atoms with Crippen LogP contribution in [-0.2, 0) is 41.6 Å². The third-order valence-corrected chi connectivity index (χ3v) is 8.02. The number of rotatable bonds is 19. The molecule has 3 atom stereocenters. The number of nitrogens with one attached hydrogen (secondary N) is 4. The molecule has 2 rings (SSSR count). The van der Waals surface area contributed by atoms with Gasteiger partial charge in [0.05, 0.1) is 19.7 Å². The molecule has 0 unspecified atom stereocenters. The highest BCUT2D eigenvalue weighted by Gasteiger charge is 2.26. The zero-order valence-electron chi connectivity index (χ0n) is 27.9. The predicted molar refractivity (Wildman–Crippen MR) is 189 cm³/mol. The highest BCUT2D eigenvalue weighted by molar-refractivity contribution is 7.98. The third-order valence-electron chi connectivity index (χ3n) is 7.38. The second kappa shape index (κ2) is 23.5. The van der Waals surface area contributed by atoms with E-state index in [1.165, 1.54) is 18.9 Å². The van der Waals surface area contributed by atoms with Gasteiger partial charge in [-0.25, -0.2) is 0 Å². The lowest BCUT2D eigenvalue weighted by Crippen LogP contribution is -2.54. The number of carbonyl (C=O) groups excluding carboxylic acids is 5. The second-order valence-electron chi connectivity index (χ2n) is 11.1. The molecular formula is C33H50ClN5O8S. The van der Waals surface area contributed by atoms with Crippen molar-refractivity contribution in [3.05, 3.63) is 64.7 Å². The Morgan fingerprint density at radius 3 is 2.12 bits per heavy atom. The van der Waals surface area contributed by atoms with Crippen LogP contribution in [0, 0.1) is 13.8 Å². The number of carbonyl (C=O) groups is 5. The molecule has 0 saturated heterocycles. The van der Waals surface area contributed by atoms with Crippen LogP contribution in [0.1, 0.15) is 47.9 Å². The Balaban J connectivity index is 0.0000110. The summed E-state index contributed by atoms with van der Waals surface area (Å²) in [4.78, 5) is 63.3. The number of thioether (sulfide) groups is 1. The van der Waals surface area contributed by atoms with Crippen molar-refractivity contribution in [3.63, 3.8) is 0 Å². The van der Waals surface area contributed by atoms with Crippen LogP contribution in [-0.4, -0.2) is 90.5 Å². The molecule has 0 aromatic heterocycles. The highest BCUT2D eigenvalue weighted by atomic mass is 35.5. The van der Waals surface area contributed by atoms with Gasteiger partial charge >= 0.3 is 5.97 Å². The summed E-state index contributed by atoms with van der Waals surface area (Å²) in [5, 5.41) is 20.6. The first-order chi connectivity index (χ1) is 21.9. The van der Waals surface area contributed by atoms with Crippen LogP contribution in [0.3, 0.4) is 0 Å². The molecule has 0 radical (unpaired) electrons. The Kier molecular flexibility index (Phi) is 21.6. The number of benzene rings is 2. The quantitative estimate of drug-likeness (QED) is 0.0903. The number of hydrogen-bond acceptors (Lipinski definition) is 9. The van der Waals surface area contributed by atoms with Gasteiger partial charge in [0.1, 0.15) is 17.8 Å². The van der Waals surface area contributed by atoms with Crippen LogP contribution < -0.4 is 27.0 Å². The summed E-state index contributed by atoms with van der Waals surface area (Å²) in [6, 6.07) is 9.66. The standard InChI is InChI=1S/C33H47N5O7S.ClH.H2O/c1-21-16-24(39)17-22(2)25(21)19-26(34)31(42)38-27(13-15-46-4)32(43)36-20-29(40)37-28(18-23-10-6-5-7-11-23)33(44)35-14-9-8-12-30(41)45-3;;/h5-7,10-11,16-17,26-28,39H,8-9,12-15,18-20,34H2,1-4H3,(H,35,44)(H,36,43)(H,37,40)(H,38,42);1H;1H2/t26-,27+,28-;;/m0../s1. The largest absolute Gasteiger partial charge is 0.508 e. The van der Waals surface area contributed by atoms with Crippen molar-refractivity contribution in [2.45, 2.75) is 70.5 Å². The molecule has 2 aromatic carbocycles. The summed E-state index contributed by atoms with van der Waals surface area (Å²) in [6.45, 7) is 3.57. The van der Waals surface area contributed by atoms with E-state index in [0.717, 1.165) is 22.3 Å². The number of unbranched alkanes of at least 4 members (excludes halogenated alkanes) is 1. The molecule has 0 aliphatic carbocycles. The number of aryl methyl sites for hydroxylation is 2. The number of amides is 4. The van der Waals surface area contributed by atoms with Crippen molar-refractivity contribution in [2.24, 2.45) is 5.73 Å². The van der Waals surface area contributed by atoms with E-state index in [0.29, 0.717) is 31.6 Å². The van der Waals surface area contributed by atoms with Crippen LogP contribution in [0.2, 0.25) is 0 Å². The Labute approximate surface area is 292 Å². The molecule has 0 fully saturated rings. The number of nitrogens with two attached hydrogens (primary N) is 1. The van der Waals surface area contributed by atoms with Crippen molar-refractivity contribution in [2.75, 3.05) is 32.2 Å². The van der Waals surface area contributed by atoms with Gasteiger partial charge in [0.2, 0.25) is 23.6 Å². The number of phenols is 1. The van der Waals surface area contributed by atoms with Crippen LogP contribution in [0.4, 0.5) is 0 Å². The maximum Gasteiger partial charge on any atom is 0.305 e. The van der Waals surface area contributed by atoms with Gasteiger partial charge in [-0.2, -0.15) is 11.8 Å². The molecule has 13 nitrogen and oxygen atoms in total. The summed E-state index contributed by atoms with van der Waals surface area (Å²) in [5.41, 5.74) is 9.51. The first kappa shape index (κ1) is 44.1. The minimum absolute atomic E-state index is 0. The zero-order chi connectivity index (χ0) is 34.1. The Morgan fingerprint density at radius 2 is 1.52 bits per heavy atom. The second-order valence-corrected chi connectivity index (χ2v) is 12.0. The van der Waals surface area contributed by atoms with Crippen molar-refractivity contribution >= 4 is 53.8 Å². The van der Waals surface area contributed by atoms with Gasteiger partial charge in [0.25, 0.3) is 0 Å². The molecule has 0 spiro atoms. The summed E-state index contributed by atoms with van der Waals surface area (Å²) < 4.78 is 4.62. The molecule has 0 aliphatic rings. The molecule has 48 heavy (non-hydrogen) atoms. The highest BCUT2D eigenvalue weighted by Crippen LogP contribution is 2.22. The minimum atomic E-state index is -0.937. The van der Waals surface area contributed by atoms with E-state index in [-0.39, 0.29) is 54.8 Å². The molecule has 15 heteroatoms. The number of methoxy groups -OCH3 is 1. The SMILES string of the molecule is COC(=O)CCCCNC(=O)[C@H](Cc1ccccc1)NC(=O)CNC(=O)[C@@H](CCSC)NC(=O)[C@@H](N)Cc1c(C)cc(O)cc1C.Cl.O. The van der Waals surface area contributed by atoms with E-state index in [9.17, 15) is 29.1 Å². The normalized spacial score (nSPS) is 12.2. The number of ether oxygens (including phenoxy) is 1. The summed E-state index contributed by atoms with van der Waals surface area (Å²) >= 11 is 1.51. The molecule has 4 amide bonds. The lowest BCUT2D eigenvalue weighted by Gasteiger charge is -2.22. The average molecular weight is 712 g/mol. The van der Waals surface area contributed by atoms with Gasteiger partial charge in [-0.15, -0.1) is 12.4 Å². The predicted octanol–water partition coefficient (Wildman–Crippen LogP) is 1.02. The van der Waals surface area contributed by atoms with Gasteiger partial charge in [0, 0.05) is 19.4 Å². The van der Waals surface area contributed by atoms with Crippen molar-refractivity contribution in [1.29, 1.82) is 0 Å². The van der Waals surface area contributed by atoms with E-state index in [1.54, 1.807) is 12.1 Å². The van der Waals surface area contributed by atoms with Crippen molar-refractivity contribution < 1.29 is 39.3 Å². The Morgan fingerprint density at radius 1 is 0.896 bits per heavy atom. The fourth-order valence-corrected chi connectivity index (χ4v) is 5.29. The average Bonchev–Trinajstić information content (AvgIpc) is 3.02. The number of esters is 1. The van der Waals surface area contributed by atoms with E-state index >= 15 is 0 Å². The topological polar surface area (TPSA) is 220 Å². The molecule has 268 valence electrons. The number of aromatic hydroxyl groups is 1. The molecule has 0 heterocycles. The van der Waals surface area contributed by atoms with Crippen LogP contribution in [0.5, 0.6) is 5.75 Å². The van der Waals surface area contributed by atoms with Gasteiger partial charge in [-0.1, -0.05) is 30.3 Å².